The summed E-state index contributed by atoms with van der Waals surface area (Å²) in [5.41, 5.74) is 2.38. The summed E-state index contributed by atoms with van der Waals surface area (Å²) in [4.78, 5) is 45.9. The lowest BCUT2D eigenvalue weighted by Gasteiger charge is -2.35. The predicted molar refractivity (Wildman–Crippen MR) is 188 cm³/mol. The molecule has 2 heterocycles. The van der Waals surface area contributed by atoms with Crippen molar-refractivity contribution in [3.8, 4) is 0 Å². The van der Waals surface area contributed by atoms with E-state index in [0.717, 1.165) is 11.1 Å². The van der Waals surface area contributed by atoms with Gasteiger partial charge in [0.25, 0.3) is 0 Å². The van der Waals surface area contributed by atoms with Gasteiger partial charge in [0.15, 0.2) is 0 Å². The van der Waals surface area contributed by atoms with E-state index in [1.54, 1.807) is 34.3 Å². The lowest BCUT2D eigenvalue weighted by molar-refractivity contribution is -0.128. The van der Waals surface area contributed by atoms with Gasteiger partial charge in [0.2, 0.25) is 15.9 Å². The first-order chi connectivity index (χ1) is 23.4. The number of hydrogen-bond donors (Lipinski definition) is 2. The number of nitroso groups, excluding NO2 is 1. The minimum Gasteiger partial charge on any atom is -0.390 e. The standard InChI is InChI=1S/C36H48N6O6S/c1-5-27(4)34(42-20-19-40(36(42)45)24-30-15-17-37-18-16-30)35(44)39-32(21-28-9-7-6-8-10-28)33(43)25-41(23-26(2)3)49(47,48)31-13-11-29(12-14-31)22-38-46/h6-18,26-27,32-34,43H,5,19-25H2,1-4H3,(H,39,44)/t27-,32-,33+,34-/m0/s1. The molecule has 2 N–H and O–H groups in total. The molecule has 4 atom stereocenters. The van der Waals surface area contributed by atoms with Gasteiger partial charge in [-0.2, -0.15) is 9.21 Å². The van der Waals surface area contributed by atoms with Gasteiger partial charge in [-0.15, -0.1) is 0 Å². The van der Waals surface area contributed by atoms with Crippen molar-refractivity contribution >= 4 is 22.0 Å². The summed E-state index contributed by atoms with van der Waals surface area (Å²) < 4.78 is 29.0. The Bertz CT molecular complexity index is 1620. The fraction of sp³-hybridized carbons (Fsp3) is 0.472. The van der Waals surface area contributed by atoms with Gasteiger partial charge in [0.05, 0.1) is 17.0 Å². The number of nitrogens with one attached hydrogen (secondary N) is 1. The van der Waals surface area contributed by atoms with Crippen LogP contribution in [0, 0.1) is 16.7 Å². The van der Waals surface area contributed by atoms with Gasteiger partial charge < -0.3 is 20.2 Å². The Morgan fingerprint density at radius 2 is 1.63 bits per heavy atom. The number of sulfonamides is 1. The highest BCUT2D eigenvalue weighted by Gasteiger charge is 2.41. The minimum absolute atomic E-state index is 0.0272. The molecule has 13 heteroatoms. The second-order valence-electron chi connectivity index (χ2n) is 13.1. The van der Waals surface area contributed by atoms with Crippen molar-refractivity contribution in [2.45, 2.75) is 76.7 Å². The maximum atomic E-state index is 14.2. The smallest absolute Gasteiger partial charge is 0.321 e. The van der Waals surface area contributed by atoms with Gasteiger partial charge in [0, 0.05) is 45.1 Å². The zero-order valence-electron chi connectivity index (χ0n) is 28.7. The predicted octanol–water partition coefficient (Wildman–Crippen LogP) is 4.44. The molecule has 0 bridgehead atoms. The Labute approximate surface area is 289 Å². The van der Waals surface area contributed by atoms with Gasteiger partial charge in [0.1, 0.15) is 12.6 Å². The van der Waals surface area contributed by atoms with Crippen LogP contribution in [0.2, 0.25) is 0 Å². The fourth-order valence-electron chi connectivity index (χ4n) is 6.07. The number of aromatic nitrogens is 1. The number of hydrogen-bond acceptors (Lipinski definition) is 8. The number of aliphatic hydroxyl groups is 1. The molecule has 1 aliphatic rings. The quantitative estimate of drug-likeness (QED) is 0.187. The van der Waals surface area contributed by atoms with E-state index in [4.69, 9.17) is 0 Å². The van der Waals surface area contributed by atoms with Crippen LogP contribution in [0.3, 0.4) is 0 Å². The first kappa shape index (κ1) is 37.6. The van der Waals surface area contributed by atoms with E-state index in [9.17, 15) is 28.0 Å². The second-order valence-corrected chi connectivity index (χ2v) is 15.0. The number of pyridine rings is 1. The van der Waals surface area contributed by atoms with Crippen molar-refractivity contribution in [3.63, 3.8) is 0 Å². The molecule has 3 amide bonds. The molecule has 2 aromatic carbocycles. The Morgan fingerprint density at radius 1 is 0.959 bits per heavy atom. The van der Waals surface area contributed by atoms with Crippen LogP contribution in [0.15, 0.2) is 89.2 Å². The van der Waals surface area contributed by atoms with Crippen molar-refractivity contribution in [2.24, 2.45) is 17.0 Å². The van der Waals surface area contributed by atoms with Gasteiger partial charge in [-0.3, -0.25) is 9.78 Å². The van der Waals surface area contributed by atoms with Crippen LogP contribution in [0.1, 0.15) is 50.8 Å². The molecular weight excluding hydrogens is 644 g/mol. The van der Waals surface area contributed by atoms with E-state index in [-0.39, 0.29) is 48.8 Å². The number of carbonyl (C=O) groups excluding carboxylic acids is 2. The van der Waals surface area contributed by atoms with Crippen LogP contribution < -0.4 is 5.32 Å². The molecule has 12 nitrogen and oxygen atoms in total. The van der Waals surface area contributed by atoms with Crippen LogP contribution in [-0.2, 0) is 34.3 Å². The Kier molecular flexibility index (Phi) is 13.4. The molecule has 0 radical (unpaired) electrons. The number of urea groups is 1. The van der Waals surface area contributed by atoms with Gasteiger partial charge in [-0.25, -0.2) is 13.2 Å². The molecule has 4 rings (SSSR count). The lowest BCUT2D eigenvalue weighted by Crippen LogP contribution is -2.57. The molecule has 0 saturated carbocycles. The maximum absolute atomic E-state index is 14.2. The van der Waals surface area contributed by atoms with Crippen LogP contribution in [0.25, 0.3) is 0 Å². The summed E-state index contributed by atoms with van der Waals surface area (Å²) in [6.45, 7) is 8.70. The fourth-order valence-corrected chi connectivity index (χ4v) is 7.69. The Hall–Kier alpha value is -4.20. The van der Waals surface area contributed by atoms with Gasteiger partial charge >= 0.3 is 6.03 Å². The molecule has 0 unspecified atom stereocenters. The molecule has 1 aromatic heterocycles. The summed E-state index contributed by atoms with van der Waals surface area (Å²) in [7, 11) is -4.05. The van der Waals surface area contributed by atoms with Crippen LogP contribution >= 0.6 is 0 Å². The van der Waals surface area contributed by atoms with Crippen LogP contribution in [0.4, 0.5) is 4.79 Å². The van der Waals surface area contributed by atoms with Crippen molar-refractivity contribution in [2.75, 3.05) is 26.2 Å². The molecule has 0 spiro atoms. The van der Waals surface area contributed by atoms with E-state index in [1.165, 1.54) is 16.4 Å². The topological polar surface area (TPSA) is 153 Å². The van der Waals surface area contributed by atoms with Gasteiger partial charge in [-0.1, -0.05) is 81.8 Å². The average molecular weight is 693 g/mol. The summed E-state index contributed by atoms with van der Waals surface area (Å²) in [6, 6.07) is 17.1. The number of rotatable bonds is 18. The first-order valence-electron chi connectivity index (χ1n) is 16.8. The third-order valence-corrected chi connectivity index (χ3v) is 10.7. The van der Waals surface area contributed by atoms with E-state index in [2.05, 4.69) is 15.5 Å². The molecule has 1 fully saturated rings. The van der Waals surface area contributed by atoms with Gasteiger partial charge in [-0.05, 0) is 59.2 Å². The normalized spacial score (nSPS) is 16.1. The van der Waals surface area contributed by atoms with E-state index in [1.807, 2.05) is 70.2 Å². The molecule has 264 valence electrons. The number of benzene rings is 2. The molecule has 0 aliphatic carbocycles. The zero-order valence-corrected chi connectivity index (χ0v) is 29.5. The molecule has 49 heavy (non-hydrogen) atoms. The number of nitrogens with zero attached hydrogens (tertiary/aromatic N) is 5. The Balaban J connectivity index is 1.59. The molecule has 3 aromatic rings. The van der Waals surface area contributed by atoms with E-state index in [0.29, 0.717) is 31.6 Å². The largest absolute Gasteiger partial charge is 0.390 e. The zero-order chi connectivity index (χ0) is 35.6. The third-order valence-electron chi connectivity index (χ3n) is 8.90. The van der Waals surface area contributed by atoms with Crippen molar-refractivity contribution in [3.05, 3.63) is 101 Å². The summed E-state index contributed by atoms with van der Waals surface area (Å²) in [5, 5.41) is 17.7. The highest BCUT2D eigenvalue weighted by Crippen LogP contribution is 2.24. The molecule has 1 aliphatic heterocycles. The van der Waals surface area contributed by atoms with Crippen LogP contribution in [0.5, 0.6) is 0 Å². The SMILES string of the molecule is CC[C@H](C)[C@@H](C(=O)N[C@@H](Cc1ccccc1)[C@H](O)CN(CC(C)C)S(=O)(=O)c1ccc(CN=O)cc1)N1CCN(Cc2ccncc2)C1=O. The first-order valence-corrected chi connectivity index (χ1v) is 18.2. The van der Waals surface area contributed by atoms with Crippen molar-refractivity contribution < 1.29 is 23.1 Å². The summed E-state index contributed by atoms with van der Waals surface area (Å²) in [6.07, 6.45) is 2.95. The van der Waals surface area contributed by atoms with E-state index < -0.39 is 34.1 Å². The average Bonchev–Trinajstić information content (AvgIpc) is 3.43. The second kappa shape index (κ2) is 17.5. The maximum Gasteiger partial charge on any atom is 0.321 e. The number of amides is 3. The number of carbonyl (C=O) groups is 2. The summed E-state index contributed by atoms with van der Waals surface area (Å²) >= 11 is 0. The third kappa shape index (κ3) is 9.93. The molecule has 1 saturated heterocycles. The monoisotopic (exact) mass is 692 g/mol. The molecular formula is C36H48N6O6S. The van der Waals surface area contributed by atoms with Crippen LogP contribution in [-0.4, -0.2) is 88.9 Å². The lowest BCUT2D eigenvalue weighted by atomic mass is 9.95. The summed E-state index contributed by atoms with van der Waals surface area (Å²) in [5.74, 6) is -0.644. The highest BCUT2D eigenvalue weighted by molar-refractivity contribution is 7.89. The highest BCUT2D eigenvalue weighted by atomic mass is 32.2. The minimum atomic E-state index is -4.05. The van der Waals surface area contributed by atoms with Crippen molar-refractivity contribution in [1.82, 2.24) is 24.4 Å². The van der Waals surface area contributed by atoms with Crippen molar-refractivity contribution in [1.29, 1.82) is 0 Å². The Morgan fingerprint density at radius 3 is 2.24 bits per heavy atom. The number of aliphatic hydroxyl groups excluding tert-OH is 1. The van der Waals surface area contributed by atoms with E-state index >= 15 is 0 Å².